The van der Waals surface area contributed by atoms with Crippen LogP contribution in [-0.2, 0) is 9.53 Å². The summed E-state index contributed by atoms with van der Waals surface area (Å²) in [5.41, 5.74) is 1.49. The van der Waals surface area contributed by atoms with E-state index in [1.54, 1.807) is 60.7 Å². The Hall–Kier alpha value is -4.31. The molecule has 0 spiro atoms. The molecule has 3 aromatic rings. The number of ether oxygens (including phenoxy) is 2. The number of nitrogens with one attached hydrogen (secondary N) is 1. The van der Waals surface area contributed by atoms with Crippen LogP contribution < -0.4 is 10.1 Å². The molecule has 2 aromatic carbocycles. The van der Waals surface area contributed by atoms with E-state index in [1.807, 2.05) is 6.07 Å². The van der Waals surface area contributed by atoms with E-state index in [4.69, 9.17) is 9.15 Å². The number of amides is 1. The third kappa shape index (κ3) is 4.56. The van der Waals surface area contributed by atoms with Gasteiger partial charge >= 0.3 is 5.97 Å². The normalized spacial score (nSPS) is 10.8. The van der Waals surface area contributed by atoms with Gasteiger partial charge in [0.1, 0.15) is 28.9 Å². The summed E-state index contributed by atoms with van der Waals surface area (Å²) in [5.74, 6) is 0.347. The van der Waals surface area contributed by atoms with Gasteiger partial charge in [-0.15, -0.1) is 0 Å². The van der Waals surface area contributed by atoms with Crippen LogP contribution in [0, 0.1) is 11.3 Å². The molecular weight excluding hydrogens is 384 g/mol. The fraction of sp³-hybridized carbons (Fsp3) is 0.0870. The molecule has 0 fully saturated rings. The zero-order valence-electron chi connectivity index (χ0n) is 16.3. The molecule has 0 radical (unpaired) electrons. The number of hydrogen-bond donors (Lipinski definition) is 1. The van der Waals surface area contributed by atoms with Crippen molar-refractivity contribution in [3.8, 4) is 23.1 Å². The average Bonchev–Trinajstić information content (AvgIpc) is 3.26. The molecule has 7 nitrogen and oxygen atoms in total. The predicted molar refractivity (Wildman–Crippen MR) is 111 cm³/mol. The van der Waals surface area contributed by atoms with Crippen molar-refractivity contribution in [2.24, 2.45) is 0 Å². The van der Waals surface area contributed by atoms with Crippen molar-refractivity contribution in [3.63, 3.8) is 0 Å². The third-order valence-corrected chi connectivity index (χ3v) is 4.22. The molecule has 0 aliphatic rings. The number of rotatable bonds is 6. The first kappa shape index (κ1) is 20.4. The van der Waals surface area contributed by atoms with Crippen LogP contribution in [0.3, 0.4) is 0 Å². The Balaban J connectivity index is 1.79. The number of hydrogen-bond acceptors (Lipinski definition) is 6. The minimum atomic E-state index is -0.581. The molecular formula is C23H18N2O5. The van der Waals surface area contributed by atoms with E-state index >= 15 is 0 Å². The first-order valence-electron chi connectivity index (χ1n) is 8.90. The number of para-hydroxylation sites is 2. The van der Waals surface area contributed by atoms with E-state index in [1.165, 1.54) is 20.3 Å². The zero-order chi connectivity index (χ0) is 21.5. The van der Waals surface area contributed by atoms with Crippen LogP contribution in [0.25, 0.3) is 17.4 Å². The molecule has 150 valence electrons. The molecule has 0 saturated heterocycles. The lowest BCUT2D eigenvalue weighted by molar-refractivity contribution is -0.112. The minimum Gasteiger partial charge on any atom is -0.495 e. The van der Waals surface area contributed by atoms with Gasteiger partial charge in [-0.1, -0.05) is 24.3 Å². The highest BCUT2D eigenvalue weighted by Crippen LogP contribution is 2.26. The minimum absolute atomic E-state index is 0.122. The van der Waals surface area contributed by atoms with Crippen LogP contribution in [0.1, 0.15) is 16.1 Å². The molecule has 3 rings (SSSR count). The molecule has 0 atom stereocenters. The maximum Gasteiger partial charge on any atom is 0.337 e. The van der Waals surface area contributed by atoms with Crippen LogP contribution in [-0.4, -0.2) is 26.1 Å². The highest BCUT2D eigenvalue weighted by atomic mass is 16.5. The molecule has 0 aliphatic heterocycles. The summed E-state index contributed by atoms with van der Waals surface area (Å²) in [7, 11) is 2.81. The van der Waals surface area contributed by atoms with Crippen molar-refractivity contribution in [3.05, 3.63) is 77.6 Å². The quantitative estimate of drug-likeness (QED) is 0.375. The van der Waals surface area contributed by atoms with Gasteiger partial charge in [0, 0.05) is 11.6 Å². The van der Waals surface area contributed by atoms with E-state index in [-0.39, 0.29) is 5.57 Å². The predicted octanol–water partition coefficient (Wildman–Crippen LogP) is 4.29. The van der Waals surface area contributed by atoms with Gasteiger partial charge in [0.25, 0.3) is 5.91 Å². The Morgan fingerprint density at radius 2 is 1.77 bits per heavy atom. The number of carbonyl (C=O) groups is 2. The largest absolute Gasteiger partial charge is 0.495 e. The zero-order valence-corrected chi connectivity index (χ0v) is 16.3. The monoisotopic (exact) mass is 402 g/mol. The Bertz CT molecular complexity index is 1140. The fourth-order valence-electron chi connectivity index (χ4n) is 2.70. The highest BCUT2D eigenvalue weighted by Gasteiger charge is 2.14. The second kappa shape index (κ2) is 9.26. The molecule has 0 saturated carbocycles. The molecule has 1 aromatic heterocycles. The summed E-state index contributed by atoms with van der Waals surface area (Å²) in [6.07, 6.45) is 1.36. The maximum atomic E-state index is 12.5. The van der Waals surface area contributed by atoms with Crippen LogP contribution in [0.2, 0.25) is 0 Å². The second-order valence-electron chi connectivity index (χ2n) is 6.10. The number of esters is 1. The lowest BCUT2D eigenvalue weighted by Crippen LogP contribution is -2.14. The van der Waals surface area contributed by atoms with Crippen molar-refractivity contribution in [1.29, 1.82) is 5.26 Å². The van der Waals surface area contributed by atoms with Gasteiger partial charge in [0.2, 0.25) is 0 Å². The summed E-state index contributed by atoms with van der Waals surface area (Å²) >= 11 is 0. The lowest BCUT2D eigenvalue weighted by atomic mass is 10.1. The SMILES string of the molecule is COC(=O)c1ccc(-c2ccc(/C=C(\C#N)C(=O)Nc3ccccc3OC)o2)cc1. The van der Waals surface area contributed by atoms with Gasteiger partial charge in [-0.3, -0.25) is 4.79 Å². The van der Waals surface area contributed by atoms with Crippen molar-refractivity contribution in [2.45, 2.75) is 0 Å². The molecule has 1 amide bonds. The first-order valence-corrected chi connectivity index (χ1v) is 8.90. The summed E-state index contributed by atoms with van der Waals surface area (Å²) < 4.78 is 15.6. The van der Waals surface area contributed by atoms with Gasteiger partial charge in [-0.2, -0.15) is 5.26 Å². The van der Waals surface area contributed by atoms with Gasteiger partial charge in [-0.05, 0) is 36.4 Å². The van der Waals surface area contributed by atoms with Crippen LogP contribution in [0.4, 0.5) is 5.69 Å². The summed E-state index contributed by atoms with van der Waals surface area (Å²) in [5, 5.41) is 12.0. The van der Waals surface area contributed by atoms with Crippen molar-refractivity contribution >= 4 is 23.6 Å². The van der Waals surface area contributed by atoms with Crippen LogP contribution in [0.5, 0.6) is 5.75 Å². The van der Waals surface area contributed by atoms with E-state index in [0.29, 0.717) is 28.5 Å². The topological polar surface area (TPSA) is 102 Å². The van der Waals surface area contributed by atoms with Gasteiger partial charge in [0.05, 0.1) is 25.5 Å². The summed E-state index contributed by atoms with van der Waals surface area (Å²) in [6.45, 7) is 0. The van der Waals surface area contributed by atoms with Gasteiger partial charge < -0.3 is 19.2 Å². The van der Waals surface area contributed by atoms with E-state index in [9.17, 15) is 14.9 Å². The van der Waals surface area contributed by atoms with Crippen molar-refractivity contribution in [1.82, 2.24) is 0 Å². The Kier molecular flexibility index (Phi) is 6.30. The Labute approximate surface area is 173 Å². The van der Waals surface area contributed by atoms with E-state index in [0.717, 1.165) is 5.56 Å². The van der Waals surface area contributed by atoms with E-state index in [2.05, 4.69) is 10.1 Å². The van der Waals surface area contributed by atoms with E-state index < -0.39 is 11.9 Å². The molecule has 30 heavy (non-hydrogen) atoms. The number of nitrogens with zero attached hydrogens (tertiary/aromatic N) is 1. The number of carbonyl (C=O) groups excluding carboxylic acids is 2. The van der Waals surface area contributed by atoms with Gasteiger partial charge in [0.15, 0.2) is 0 Å². The lowest BCUT2D eigenvalue weighted by Gasteiger charge is -2.08. The highest BCUT2D eigenvalue weighted by molar-refractivity contribution is 6.10. The van der Waals surface area contributed by atoms with Crippen molar-refractivity contribution < 1.29 is 23.5 Å². The van der Waals surface area contributed by atoms with Gasteiger partial charge in [-0.25, -0.2) is 4.79 Å². The van der Waals surface area contributed by atoms with Crippen LogP contribution >= 0.6 is 0 Å². The third-order valence-electron chi connectivity index (χ3n) is 4.22. The smallest absolute Gasteiger partial charge is 0.337 e. The number of anilines is 1. The van der Waals surface area contributed by atoms with Crippen molar-refractivity contribution in [2.75, 3.05) is 19.5 Å². The first-order chi connectivity index (χ1) is 14.5. The number of methoxy groups -OCH3 is 2. The summed E-state index contributed by atoms with van der Waals surface area (Å²) in [4.78, 5) is 24.0. The number of nitriles is 1. The number of benzene rings is 2. The summed E-state index contributed by atoms with van der Waals surface area (Å²) in [6, 6.07) is 18.8. The Morgan fingerprint density at radius 3 is 2.43 bits per heavy atom. The van der Waals surface area contributed by atoms with Crippen LogP contribution in [0.15, 0.2) is 70.7 Å². The average molecular weight is 402 g/mol. The standard InChI is InChI=1S/C23H18N2O5/c1-28-21-6-4-3-5-19(21)25-22(26)17(14-24)13-18-11-12-20(30-18)15-7-9-16(10-8-15)23(27)29-2/h3-13H,1-2H3,(H,25,26)/b17-13+. The Morgan fingerprint density at radius 1 is 1.03 bits per heavy atom. The molecule has 1 heterocycles. The molecule has 7 heteroatoms. The second-order valence-corrected chi connectivity index (χ2v) is 6.10. The molecule has 0 bridgehead atoms. The maximum absolute atomic E-state index is 12.5. The molecule has 0 unspecified atom stereocenters. The molecule has 1 N–H and O–H groups in total. The molecule has 0 aliphatic carbocycles. The number of furan rings is 1. The fourth-order valence-corrected chi connectivity index (χ4v) is 2.70.